The summed E-state index contributed by atoms with van der Waals surface area (Å²) in [7, 11) is 0. The molecule has 2 N–H and O–H groups in total. The van der Waals surface area contributed by atoms with Gasteiger partial charge in [0.25, 0.3) is 11.5 Å². The SMILES string of the molecule is CCC(C)(NC(=O)c1ccc(-c2ccccc2)[nH]c1=O)c1ccccc1. The molecule has 0 bridgehead atoms. The summed E-state index contributed by atoms with van der Waals surface area (Å²) in [5.74, 6) is -0.376. The molecular weight excluding hydrogens is 324 g/mol. The predicted octanol–water partition coefficient (Wildman–Crippen LogP) is 4.10. The Hall–Kier alpha value is -3.14. The quantitative estimate of drug-likeness (QED) is 0.731. The highest BCUT2D eigenvalue weighted by atomic mass is 16.2. The number of amides is 1. The average molecular weight is 346 g/mol. The number of H-pyrrole nitrogens is 1. The van der Waals surface area contributed by atoms with Gasteiger partial charge in [0, 0.05) is 5.69 Å². The zero-order valence-corrected chi connectivity index (χ0v) is 15.0. The standard InChI is InChI=1S/C22H22N2O2/c1-3-22(2,17-12-8-5-9-13-17)24-21(26)18-14-15-19(23-20(18)25)16-10-6-4-7-11-16/h4-15H,3H2,1-2H3,(H,23,25)(H,24,26). The van der Waals surface area contributed by atoms with Gasteiger partial charge in [0.05, 0.1) is 5.54 Å². The number of rotatable bonds is 5. The minimum absolute atomic E-state index is 0.111. The van der Waals surface area contributed by atoms with E-state index >= 15 is 0 Å². The fraction of sp³-hybridized carbons (Fsp3) is 0.182. The highest BCUT2D eigenvalue weighted by molar-refractivity contribution is 5.94. The van der Waals surface area contributed by atoms with E-state index in [1.165, 1.54) is 0 Å². The number of carbonyl (C=O) groups is 1. The molecule has 0 aliphatic carbocycles. The summed E-state index contributed by atoms with van der Waals surface area (Å²) in [6.45, 7) is 3.97. The van der Waals surface area contributed by atoms with Crippen LogP contribution >= 0.6 is 0 Å². The van der Waals surface area contributed by atoms with Gasteiger partial charge in [-0.2, -0.15) is 0 Å². The van der Waals surface area contributed by atoms with E-state index in [1.807, 2.05) is 74.5 Å². The maximum Gasteiger partial charge on any atom is 0.261 e. The zero-order chi connectivity index (χ0) is 18.6. The first-order chi connectivity index (χ1) is 12.5. The summed E-state index contributed by atoms with van der Waals surface area (Å²) in [5, 5.41) is 3.02. The Morgan fingerprint density at radius 1 is 0.962 bits per heavy atom. The topological polar surface area (TPSA) is 62.0 Å². The Bertz CT molecular complexity index is 949. The van der Waals surface area contributed by atoms with Crippen molar-refractivity contribution in [1.29, 1.82) is 0 Å². The summed E-state index contributed by atoms with van der Waals surface area (Å²) >= 11 is 0. The molecule has 0 saturated heterocycles. The fourth-order valence-corrected chi connectivity index (χ4v) is 2.93. The molecule has 0 fully saturated rings. The summed E-state index contributed by atoms with van der Waals surface area (Å²) < 4.78 is 0. The third-order valence-corrected chi connectivity index (χ3v) is 4.75. The highest BCUT2D eigenvalue weighted by Crippen LogP contribution is 2.24. The molecule has 26 heavy (non-hydrogen) atoms. The maximum atomic E-state index is 12.7. The van der Waals surface area contributed by atoms with Gasteiger partial charge in [-0.15, -0.1) is 0 Å². The Morgan fingerprint density at radius 3 is 2.15 bits per heavy atom. The van der Waals surface area contributed by atoms with Gasteiger partial charge in [0.2, 0.25) is 0 Å². The summed E-state index contributed by atoms with van der Waals surface area (Å²) in [6, 6.07) is 22.7. The molecule has 3 rings (SSSR count). The van der Waals surface area contributed by atoms with Gasteiger partial charge in [-0.3, -0.25) is 9.59 Å². The normalized spacial score (nSPS) is 13.0. The van der Waals surface area contributed by atoms with Crippen molar-refractivity contribution in [3.63, 3.8) is 0 Å². The minimum Gasteiger partial charge on any atom is -0.343 e. The van der Waals surface area contributed by atoms with Crippen LogP contribution < -0.4 is 10.9 Å². The van der Waals surface area contributed by atoms with Crippen LogP contribution in [0.1, 0.15) is 36.2 Å². The number of benzene rings is 2. The largest absolute Gasteiger partial charge is 0.343 e. The van der Waals surface area contributed by atoms with Gasteiger partial charge in [0.15, 0.2) is 0 Å². The molecule has 0 saturated carbocycles. The lowest BCUT2D eigenvalue weighted by atomic mass is 9.89. The first kappa shape index (κ1) is 17.7. The van der Waals surface area contributed by atoms with Crippen molar-refractivity contribution >= 4 is 5.91 Å². The molecule has 1 heterocycles. The van der Waals surface area contributed by atoms with Crippen LogP contribution in [0.25, 0.3) is 11.3 Å². The number of aromatic amines is 1. The van der Waals surface area contributed by atoms with Crippen LogP contribution in [0.2, 0.25) is 0 Å². The second-order valence-electron chi connectivity index (χ2n) is 6.49. The molecule has 132 valence electrons. The number of pyridine rings is 1. The molecular formula is C22H22N2O2. The van der Waals surface area contributed by atoms with Crippen LogP contribution in [0.4, 0.5) is 0 Å². The van der Waals surface area contributed by atoms with Crippen molar-refractivity contribution < 1.29 is 4.79 Å². The Balaban J connectivity index is 1.87. The highest BCUT2D eigenvalue weighted by Gasteiger charge is 2.27. The average Bonchev–Trinajstić information content (AvgIpc) is 2.69. The van der Waals surface area contributed by atoms with Crippen LogP contribution in [0.3, 0.4) is 0 Å². The molecule has 0 aliphatic heterocycles. The van der Waals surface area contributed by atoms with Crippen molar-refractivity contribution in [3.8, 4) is 11.3 Å². The summed E-state index contributed by atoms with van der Waals surface area (Å²) in [4.78, 5) is 28.0. The fourth-order valence-electron chi connectivity index (χ4n) is 2.93. The molecule has 4 nitrogen and oxygen atoms in total. The monoisotopic (exact) mass is 346 g/mol. The molecule has 0 aliphatic rings. The third-order valence-electron chi connectivity index (χ3n) is 4.75. The van der Waals surface area contributed by atoms with Crippen LogP contribution in [0.15, 0.2) is 77.6 Å². The zero-order valence-electron chi connectivity index (χ0n) is 15.0. The second-order valence-corrected chi connectivity index (χ2v) is 6.49. The third kappa shape index (κ3) is 3.59. The van der Waals surface area contributed by atoms with E-state index in [2.05, 4.69) is 10.3 Å². The van der Waals surface area contributed by atoms with Gasteiger partial charge in [-0.25, -0.2) is 0 Å². The molecule has 1 atom stereocenters. The lowest BCUT2D eigenvalue weighted by molar-refractivity contribution is 0.0900. The predicted molar refractivity (Wildman–Crippen MR) is 104 cm³/mol. The number of aromatic nitrogens is 1. The molecule has 3 aromatic rings. The lowest BCUT2D eigenvalue weighted by Gasteiger charge is -2.30. The van der Waals surface area contributed by atoms with Crippen LogP contribution in [0, 0.1) is 0 Å². The van der Waals surface area contributed by atoms with E-state index in [-0.39, 0.29) is 11.5 Å². The minimum atomic E-state index is -0.539. The number of carbonyl (C=O) groups excluding carboxylic acids is 1. The van der Waals surface area contributed by atoms with Gasteiger partial charge in [0.1, 0.15) is 5.56 Å². The summed E-state index contributed by atoms with van der Waals surface area (Å²) in [5.41, 5.74) is 1.78. The van der Waals surface area contributed by atoms with E-state index in [0.29, 0.717) is 12.1 Å². The van der Waals surface area contributed by atoms with E-state index in [4.69, 9.17) is 0 Å². The number of nitrogens with one attached hydrogen (secondary N) is 2. The van der Waals surface area contributed by atoms with Crippen molar-refractivity contribution in [3.05, 3.63) is 94.3 Å². The Kier molecular flexibility index (Phi) is 5.03. The molecule has 0 radical (unpaired) electrons. The van der Waals surface area contributed by atoms with Gasteiger partial charge in [-0.05, 0) is 36.6 Å². The van der Waals surface area contributed by atoms with Crippen LogP contribution in [0.5, 0.6) is 0 Å². The van der Waals surface area contributed by atoms with Crippen molar-refractivity contribution in [1.82, 2.24) is 10.3 Å². The van der Waals surface area contributed by atoms with Crippen molar-refractivity contribution in [2.75, 3.05) is 0 Å². The Morgan fingerprint density at radius 2 is 1.58 bits per heavy atom. The molecule has 0 spiro atoms. The van der Waals surface area contributed by atoms with Gasteiger partial charge < -0.3 is 10.3 Å². The number of hydrogen-bond donors (Lipinski definition) is 2. The van der Waals surface area contributed by atoms with Crippen LogP contribution in [-0.2, 0) is 5.54 Å². The van der Waals surface area contributed by atoms with Crippen molar-refractivity contribution in [2.45, 2.75) is 25.8 Å². The number of hydrogen-bond acceptors (Lipinski definition) is 2. The molecule has 1 amide bonds. The van der Waals surface area contributed by atoms with E-state index in [9.17, 15) is 9.59 Å². The van der Waals surface area contributed by atoms with Crippen molar-refractivity contribution in [2.24, 2.45) is 0 Å². The molecule has 4 heteroatoms. The molecule has 1 unspecified atom stereocenters. The summed E-state index contributed by atoms with van der Waals surface area (Å²) in [6.07, 6.45) is 0.711. The lowest BCUT2D eigenvalue weighted by Crippen LogP contribution is -2.44. The molecule has 2 aromatic carbocycles. The van der Waals surface area contributed by atoms with Gasteiger partial charge in [-0.1, -0.05) is 67.6 Å². The van der Waals surface area contributed by atoms with E-state index < -0.39 is 11.1 Å². The Labute approximate surface area is 152 Å². The van der Waals surface area contributed by atoms with E-state index in [1.54, 1.807) is 12.1 Å². The van der Waals surface area contributed by atoms with E-state index in [0.717, 1.165) is 11.1 Å². The van der Waals surface area contributed by atoms with Gasteiger partial charge >= 0.3 is 0 Å². The first-order valence-corrected chi connectivity index (χ1v) is 8.70. The smallest absolute Gasteiger partial charge is 0.261 e. The molecule has 1 aromatic heterocycles. The second kappa shape index (κ2) is 7.40. The van der Waals surface area contributed by atoms with Crippen LogP contribution in [-0.4, -0.2) is 10.9 Å². The first-order valence-electron chi connectivity index (χ1n) is 8.70. The maximum absolute atomic E-state index is 12.7.